The van der Waals surface area contributed by atoms with Crippen LogP contribution < -0.4 is 19.5 Å². The molecule has 1 amide bonds. The Balaban J connectivity index is 1.65. The SMILES string of the molecule is COc1ccc(SC(C)C(=O)Nc2ccc(S(=O)(=O)Nc3cc(C)ccc3C)cc2)cc1OC. The van der Waals surface area contributed by atoms with Gasteiger partial charge in [-0.15, -0.1) is 11.8 Å². The third-order valence-corrected chi connectivity index (χ3v) is 7.58. The Hall–Kier alpha value is -3.17. The summed E-state index contributed by atoms with van der Waals surface area (Å²) in [6, 6.07) is 17.1. The van der Waals surface area contributed by atoms with Crippen LogP contribution in [0.4, 0.5) is 11.4 Å². The zero-order valence-corrected chi connectivity index (χ0v) is 21.3. The summed E-state index contributed by atoms with van der Waals surface area (Å²) < 4.78 is 38.8. The molecule has 0 saturated carbocycles. The molecule has 3 aromatic carbocycles. The molecule has 9 heteroatoms. The number of carbonyl (C=O) groups excluding carboxylic acids is 1. The van der Waals surface area contributed by atoms with Gasteiger partial charge in [0.1, 0.15) is 0 Å². The number of rotatable bonds is 9. The van der Waals surface area contributed by atoms with E-state index in [1.54, 1.807) is 45.4 Å². The zero-order chi connectivity index (χ0) is 24.9. The second-order valence-electron chi connectivity index (χ2n) is 7.71. The summed E-state index contributed by atoms with van der Waals surface area (Å²) >= 11 is 1.38. The number of hydrogen-bond acceptors (Lipinski definition) is 6. The Labute approximate surface area is 204 Å². The van der Waals surface area contributed by atoms with E-state index in [2.05, 4.69) is 10.0 Å². The fourth-order valence-corrected chi connectivity index (χ4v) is 5.18. The highest BCUT2D eigenvalue weighted by Crippen LogP contribution is 2.33. The quantitative estimate of drug-likeness (QED) is 0.390. The highest BCUT2D eigenvalue weighted by atomic mass is 32.2. The van der Waals surface area contributed by atoms with Gasteiger partial charge < -0.3 is 14.8 Å². The average molecular weight is 501 g/mol. The molecule has 7 nitrogen and oxygen atoms in total. The summed E-state index contributed by atoms with van der Waals surface area (Å²) in [6.45, 7) is 5.54. The number of sulfonamides is 1. The number of anilines is 2. The molecule has 34 heavy (non-hydrogen) atoms. The average Bonchev–Trinajstić information content (AvgIpc) is 2.81. The van der Waals surface area contributed by atoms with Gasteiger partial charge in [-0.25, -0.2) is 8.42 Å². The van der Waals surface area contributed by atoms with Crippen LogP contribution in [0.25, 0.3) is 0 Å². The molecular formula is C25H28N2O5S2. The van der Waals surface area contributed by atoms with Crippen LogP contribution in [-0.2, 0) is 14.8 Å². The van der Waals surface area contributed by atoms with Gasteiger partial charge in [0.25, 0.3) is 10.0 Å². The van der Waals surface area contributed by atoms with Crippen LogP contribution in [0, 0.1) is 13.8 Å². The maximum absolute atomic E-state index is 12.8. The monoisotopic (exact) mass is 500 g/mol. The minimum Gasteiger partial charge on any atom is -0.493 e. The van der Waals surface area contributed by atoms with Gasteiger partial charge in [-0.3, -0.25) is 9.52 Å². The van der Waals surface area contributed by atoms with Crippen molar-refractivity contribution in [1.82, 2.24) is 0 Å². The molecular weight excluding hydrogens is 472 g/mol. The number of benzene rings is 3. The first-order chi connectivity index (χ1) is 16.1. The molecule has 0 radical (unpaired) electrons. The van der Waals surface area contributed by atoms with Crippen molar-refractivity contribution in [2.45, 2.75) is 35.8 Å². The lowest BCUT2D eigenvalue weighted by Crippen LogP contribution is -2.22. The van der Waals surface area contributed by atoms with Crippen molar-refractivity contribution in [1.29, 1.82) is 0 Å². The lowest BCUT2D eigenvalue weighted by atomic mass is 10.1. The Morgan fingerprint density at radius 3 is 2.24 bits per heavy atom. The number of nitrogens with one attached hydrogen (secondary N) is 2. The standard InChI is InChI=1S/C25H28N2O5S2/c1-16-6-7-17(2)22(14-16)27-34(29,30)21-11-8-19(9-12-21)26-25(28)18(3)33-20-10-13-23(31-4)24(15-20)32-5/h6-15,18,27H,1-5H3,(H,26,28). The maximum Gasteiger partial charge on any atom is 0.261 e. The normalized spacial score (nSPS) is 12.0. The molecule has 1 atom stereocenters. The molecule has 0 aliphatic rings. The molecule has 0 spiro atoms. The molecule has 0 aliphatic heterocycles. The molecule has 0 aliphatic carbocycles. The van der Waals surface area contributed by atoms with Crippen LogP contribution in [0.15, 0.2) is 70.5 Å². The Kier molecular flexibility index (Phi) is 8.11. The molecule has 0 saturated heterocycles. The van der Waals surface area contributed by atoms with Gasteiger partial charge in [-0.1, -0.05) is 12.1 Å². The third-order valence-electron chi connectivity index (χ3n) is 5.11. The molecule has 2 N–H and O–H groups in total. The number of aryl methyl sites for hydroxylation is 2. The Morgan fingerprint density at radius 2 is 1.59 bits per heavy atom. The van der Waals surface area contributed by atoms with E-state index in [0.717, 1.165) is 16.0 Å². The highest BCUT2D eigenvalue weighted by molar-refractivity contribution is 8.00. The maximum atomic E-state index is 12.8. The van der Waals surface area contributed by atoms with E-state index >= 15 is 0 Å². The topological polar surface area (TPSA) is 93.7 Å². The molecule has 0 aromatic heterocycles. The largest absolute Gasteiger partial charge is 0.493 e. The summed E-state index contributed by atoms with van der Waals surface area (Å²) in [5.41, 5.74) is 2.84. The van der Waals surface area contributed by atoms with Crippen LogP contribution in [0.3, 0.4) is 0 Å². The lowest BCUT2D eigenvalue weighted by molar-refractivity contribution is -0.115. The summed E-state index contributed by atoms with van der Waals surface area (Å²) in [6.07, 6.45) is 0. The van der Waals surface area contributed by atoms with Crippen molar-refractivity contribution >= 4 is 39.1 Å². The van der Waals surface area contributed by atoms with Crippen molar-refractivity contribution in [2.75, 3.05) is 24.3 Å². The van der Waals surface area contributed by atoms with Gasteiger partial charge in [0.15, 0.2) is 11.5 Å². The van der Waals surface area contributed by atoms with Gasteiger partial charge in [-0.05, 0) is 80.4 Å². The van der Waals surface area contributed by atoms with Gasteiger partial charge in [0.05, 0.1) is 30.1 Å². The fourth-order valence-electron chi connectivity index (χ4n) is 3.16. The lowest BCUT2D eigenvalue weighted by Gasteiger charge is -2.14. The summed E-state index contributed by atoms with van der Waals surface area (Å²) in [4.78, 5) is 13.6. The first kappa shape index (κ1) is 25.5. The number of ether oxygens (including phenoxy) is 2. The van der Waals surface area contributed by atoms with Crippen LogP contribution >= 0.6 is 11.8 Å². The van der Waals surface area contributed by atoms with Crippen molar-refractivity contribution in [2.24, 2.45) is 0 Å². The molecule has 1 unspecified atom stereocenters. The molecule has 0 fully saturated rings. The van der Waals surface area contributed by atoms with E-state index in [0.29, 0.717) is 22.9 Å². The minimum absolute atomic E-state index is 0.110. The minimum atomic E-state index is -3.76. The summed E-state index contributed by atoms with van der Waals surface area (Å²) in [5, 5.41) is 2.43. The summed E-state index contributed by atoms with van der Waals surface area (Å²) in [7, 11) is -0.630. The smallest absolute Gasteiger partial charge is 0.261 e. The van der Waals surface area contributed by atoms with E-state index in [9.17, 15) is 13.2 Å². The van der Waals surface area contributed by atoms with Crippen molar-refractivity contribution in [3.63, 3.8) is 0 Å². The molecule has 3 aromatic rings. The van der Waals surface area contributed by atoms with E-state index in [-0.39, 0.29) is 10.8 Å². The van der Waals surface area contributed by atoms with E-state index in [4.69, 9.17) is 9.47 Å². The first-order valence-corrected chi connectivity index (χ1v) is 12.9. The van der Waals surface area contributed by atoms with E-state index in [1.165, 1.54) is 23.9 Å². The Bertz CT molecular complexity index is 1270. The van der Waals surface area contributed by atoms with E-state index in [1.807, 2.05) is 38.1 Å². The second-order valence-corrected chi connectivity index (χ2v) is 10.8. The van der Waals surface area contributed by atoms with Crippen molar-refractivity contribution in [3.05, 3.63) is 71.8 Å². The van der Waals surface area contributed by atoms with Crippen LogP contribution in [0.1, 0.15) is 18.1 Å². The fraction of sp³-hybridized carbons (Fsp3) is 0.240. The first-order valence-electron chi connectivity index (χ1n) is 10.5. The van der Waals surface area contributed by atoms with Gasteiger partial charge in [0, 0.05) is 10.6 Å². The van der Waals surface area contributed by atoms with Crippen LogP contribution in [0.5, 0.6) is 11.5 Å². The van der Waals surface area contributed by atoms with Gasteiger partial charge in [-0.2, -0.15) is 0 Å². The van der Waals surface area contributed by atoms with Crippen LogP contribution in [0.2, 0.25) is 0 Å². The summed E-state index contributed by atoms with van der Waals surface area (Å²) in [5.74, 6) is 1.00. The highest BCUT2D eigenvalue weighted by Gasteiger charge is 2.18. The van der Waals surface area contributed by atoms with E-state index < -0.39 is 15.3 Å². The van der Waals surface area contributed by atoms with Crippen molar-refractivity contribution in [3.8, 4) is 11.5 Å². The zero-order valence-electron chi connectivity index (χ0n) is 19.7. The predicted octanol–water partition coefficient (Wildman–Crippen LogP) is 5.24. The molecule has 180 valence electrons. The van der Waals surface area contributed by atoms with Crippen molar-refractivity contribution < 1.29 is 22.7 Å². The predicted molar refractivity (Wildman–Crippen MR) is 137 cm³/mol. The number of methoxy groups -OCH3 is 2. The van der Waals surface area contributed by atoms with Crippen LogP contribution in [-0.4, -0.2) is 33.8 Å². The molecule has 0 bridgehead atoms. The number of amides is 1. The number of thioether (sulfide) groups is 1. The number of hydrogen-bond donors (Lipinski definition) is 2. The Morgan fingerprint density at radius 1 is 0.912 bits per heavy atom. The molecule has 3 rings (SSSR count). The molecule has 0 heterocycles. The number of carbonyl (C=O) groups is 1. The second kappa shape index (κ2) is 10.8. The van der Waals surface area contributed by atoms with Gasteiger partial charge in [0.2, 0.25) is 5.91 Å². The van der Waals surface area contributed by atoms with Gasteiger partial charge >= 0.3 is 0 Å². The third kappa shape index (κ3) is 6.24.